The van der Waals surface area contributed by atoms with Crippen LogP contribution in [0, 0.1) is 5.92 Å². The van der Waals surface area contributed by atoms with Gasteiger partial charge in [-0.1, -0.05) is 0 Å². The highest BCUT2D eigenvalue weighted by atomic mass is 16.2. The van der Waals surface area contributed by atoms with Crippen molar-refractivity contribution < 1.29 is 9.59 Å². The quantitative estimate of drug-likeness (QED) is 0.700. The van der Waals surface area contributed by atoms with E-state index in [1.165, 1.54) is 12.8 Å². The largest absolute Gasteiger partial charge is 0.369 e. The van der Waals surface area contributed by atoms with E-state index in [2.05, 4.69) is 5.32 Å². The van der Waals surface area contributed by atoms with E-state index in [4.69, 9.17) is 5.73 Å². The van der Waals surface area contributed by atoms with Gasteiger partial charge in [0.15, 0.2) is 0 Å². The molecule has 1 saturated carbocycles. The molecule has 0 spiro atoms. The van der Waals surface area contributed by atoms with Crippen LogP contribution in [-0.4, -0.2) is 42.4 Å². The fourth-order valence-corrected chi connectivity index (χ4v) is 2.24. The Morgan fingerprint density at radius 3 is 2.35 bits per heavy atom. The van der Waals surface area contributed by atoms with Gasteiger partial charge < -0.3 is 16.0 Å². The summed E-state index contributed by atoms with van der Waals surface area (Å²) in [7, 11) is 0. The molecule has 0 bridgehead atoms. The molecule has 0 aromatic heterocycles. The van der Waals surface area contributed by atoms with E-state index in [-0.39, 0.29) is 17.7 Å². The van der Waals surface area contributed by atoms with E-state index in [0.717, 1.165) is 19.4 Å². The lowest BCUT2D eigenvalue weighted by Crippen LogP contribution is -2.42. The van der Waals surface area contributed by atoms with Crippen molar-refractivity contribution in [2.75, 3.05) is 19.6 Å². The second-order valence-electron chi connectivity index (χ2n) is 5.04. The molecule has 17 heavy (non-hydrogen) atoms. The minimum atomic E-state index is -0.229. The SMILES string of the molecule is NC(=O)C1CCN(C(=O)CCNC2CC2)CC1. The lowest BCUT2D eigenvalue weighted by Gasteiger charge is -2.30. The Hall–Kier alpha value is -1.10. The van der Waals surface area contributed by atoms with Gasteiger partial charge >= 0.3 is 0 Å². The first kappa shape index (κ1) is 12.4. The zero-order valence-electron chi connectivity index (χ0n) is 10.2. The molecule has 0 aromatic carbocycles. The van der Waals surface area contributed by atoms with Gasteiger partial charge in [0.1, 0.15) is 0 Å². The van der Waals surface area contributed by atoms with Crippen LogP contribution in [0.1, 0.15) is 32.1 Å². The third-order valence-corrected chi connectivity index (χ3v) is 3.60. The average molecular weight is 239 g/mol. The summed E-state index contributed by atoms with van der Waals surface area (Å²) < 4.78 is 0. The summed E-state index contributed by atoms with van der Waals surface area (Å²) in [4.78, 5) is 24.7. The fraction of sp³-hybridized carbons (Fsp3) is 0.833. The highest BCUT2D eigenvalue weighted by molar-refractivity contribution is 5.78. The molecule has 1 saturated heterocycles. The van der Waals surface area contributed by atoms with Crippen molar-refractivity contribution in [2.45, 2.75) is 38.1 Å². The van der Waals surface area contributed by atoms with Gasteiger partial charge in [0.05, 0.1) is 0 Å². The van der Waals surface area contributed by atoms with Crippen LogP contribution in [0.5, 0.6) is 0 Å². The van der Waals surface area contributed by atoms with Crippen molar-refractivity contribution in [3.05, 3.63) is 0 Å². The maximum atomic E-state index is 11.8. The van der Waals surface area contributed by atoms with E-state index < -0.39 is 0 Å². The Labute approximate surface area is 102 Å². The zero-order chi connectivity index (χ0) is 12.3. The van der Waals surface area contributed by atoms with E-state index in [1.807, 2.05) is 4.90 Å². The maximum absolute atomic E-state index is 11.8. The lowest BCUT2D eigenvalue weighted by molar-refractivity contribution is -0.134. The maximum Gasteiger partial charge on any atom is 0.223 e. The Morgan fingerprint density at radius 2 is 1.82 bits per heavy atom. The molecular formula is C12H21N3O2. The van der Waals surface area contributed by atoms with Crippen molar-refractivity contribution in [1.82, 2.24) is 10.2 Å². The number of carbonyl (C=O) groups is 2. The van der Waals surface area contributed by atoms with Gasteiger partial charge in [0.25, 0.3) is 0 Å². The van der Waals surface area contributed by atoms with Crippen LogP contribution in [-0.2, 0) is 9.59 Å². The van der Waals surface area contributed by atoms with Crippen molar-refractivity contribution in [3.63, 3.8) is 0 Å². The summed E-state index contributed by atoms with van der Waals surface area (Å²) >= 11 is 0. The number of piperidine rings is 1. The van der Waals surface area contributed by atoms with Crippen molar-refractivity contribution in [3.8, 4) is 0 Å². The van der Waals surface area contributed by atoms with E-state index in [0.29, 0.717) is 25.6 Å². The van der Waals surface area contributed by atoms with Crippen molar-refractivity contribution in [2.24, 2.45) is 11.7 Å². The highest BCUT2D eigenvalue weighted by Crippen LogP contribution is 2.19. The first-order valence-electron chi connectivity index (χ1n) is 6.47. The van der Waals surface area contributed by atoms with Crippen LogP contribution < -0.4 is 11.1 Å². The molecule has 2 fully saturated rings. The number of carbonyl (C=O) groups excluding carboxylic acids is 2. The van der Waals surface area contributed by atoms with Crippen LogP contribution >= 0.6 is 0 Å². The second-order valence-corrected chi connectivity index (χ2v) is 5.04. The summed E-state index contributed by atoms with van der Waals surface area (Å²) in [6, 6.07) is 0.656. The van der Waals surface area contributed by atoms with Gasteiger partial charge in [0, 0.05) is 38.0 Å². The minimum absolute atomic E-state index is 0.0383. The Balaban J connectivity index is 1.64. The number of nitrogens with zero attached hydrogens (tertiary/aromatic N) is 1. The van der Waals surface area contributed by atoms with E-state index >= 15 is 0 Å². The summed E-state index contributed by atoms with van der Waals surface area (Å²) in [5, 5.41) is 3.33. The Morgan fingerprint density at radius 1 is 1.18 bits per heavy atom. The summed E-state index contributed by atoms with van der Waals surface area (Å²) in [5.41, 5.74) is 5.26. The van der Waals surface area contributed by atoms with Gasteiger partial charge in [0.2, 0.25) is 11.8 Å². The molecule has 0 radical (unpaired) electrons. The molecule has 1 aliphatic carbocycles. The molecule has 96 valence electrons. The number of hydrogen-bond donors (Lipinski definition) is 2. The molecule has 0 atom stereocenters. The average Bonchev–Trinajstić information content (AvgIpc) is 3.13. The lowest BCUT2D eigenvalue weighted by atomic mass is 9.96. The smallest absolute Gasteiger partial charge is 0.223 e. The molecule has 3 N–H and O–H groups in total. The second kappa shape index (κ2) is 5.49. The molecule has 2 rings (SSSR count). The summed E-state index contributed by atoms with van der Waals surface area (Å²) in [6.45, 7) is 2.13. The topological polar surface area (TPSA) is 75.4 Å². The first-order chi connectivity index (χ1) is 8.16. The molecule has 1 aliphatic heterocycles. The van der Waals surface area contributed by atoms with Crippen LogP contribution in [0.3, 0.4) is 0 Å². The molecule has 0 aromatic rings. The zero-order valence-corrected chi connectivity index (χ0v) is 10.2. The van der Waals surface area contributed by atoms with Gasteiger partial charge in [-0.15, -0.1) is 0 Å². The summed E-state index contributed by atoms with van der Waals surface area (Å²) in [5.74, 6) is -0.0720. The number of amides is 2. The Bertz CT molecular complexity index is 294. The van der Waals surface area contributed by atoms with Crippen LogP contribution in [0.25, 0.3) is 0 Å². The number of nitrogens with one attached hydrogen (secondary N) is 1. The number of likely N-dealkylation sites (tertiary alicyclic amines) is 1. The molecular weight excluding hydrogens is 218 g/mol. The van der Waals surface area contributed by atoms with Gasteiger partial charge in [-0.25, -0.2) is 0 Å². The number of rotatable bonds is 5. The van der Waals surface area contributed by atoms with Gasteiger partial charge in [-0.2, -0.15) is 0 Å². The molecule has 0 unspecified atom stereocenters. The van der Waals surface area contributed by atoms with Crippen LogP contribution in [0.2, 0.25) is 0 Å². The van der Waals surface area contributed by atoms with E-state index in [9.17, 15) is 9.59 Å². The molecule has 5 heteroatoms. The predicted molar refractivity (Wildman–Crippen MR) is 64.1 cm³/mol. The van der Waals surface area contributed by atoms with Crippen molar-refractivity contribution in [1.29, 1.82) is 0 Å². The third kappa shape index (κ3) is 3.70. The fourth-order valence-electron chi connectivity index (χ4n) is 2.24. The highest BCUT2D eigenvalue weighted by Gasteiger charge is 2.26. The van der Waals surface area contributed by atoms with Crippen LogP contribution in [0.4, 0.5) is 0 Å². The van der Waals surface area contributed by atoms with Gasteiger partial charge in [-0.3, -0.25) is 9.59 Å². The summed E-state index contributed by atoms with van der Waals surface area (Å²) in [6.07, 6.45) is 4.50. The van der Waals surface area contributed by atoms with E-state index in [1.54, 1.807) is 0 Å². The molecule has 1 heterocycles. The monoisotopic (exact) mass is 239 g/mol. The van der Waals surface area contributed by atoms with Gasteiger partial charge in [-0.05, 0) is 25.7 Å². The molecule has 2 amide bonds. The minimum Gasteiger partial charge on any atom is -0.369 e. The number of hydrogen-bond acceptors (Lipinski definition) is 3. The molecule has 5 nitrogen and oxygen atoms in total. The Kier molecular flexibility index (Phi) is 3.99. The normalized spacial score (nSPS) is 21.5. The molecule has 2 aliphatic rings. The van der Waals surface area contributed by atoms with Crippen LogP contribution in [0.15, 0.2) is 0 Å². The predicted octanol–water partition coefficient (Wildman–Crippen LogP) is -0.148. The van der Waals surface area contributed by atoms with Crippen molar-refractivity contribution >= 4 is 11.8 Å². The number of primary amides is 1. The standard InChI is InChI=1S/C12H21N3O2/c13-12(17)9-4-7-15(8-5-9)11(16)3-6-14-10-1-2-10/h9-10,14H,1-8H2,(H2,13,17). The number of nitrogens with two attached hydrogens (primary N) is 1. The third-order valence-electron chi connectivity index (χ3n) is 3.60. The first-order valence-corrected chi connectivity index (χ1v) is 6.47.